The van der Waals surface area contributed by atoms with Gasteiger partial charge in [0.05, 0.1) is 6.54 Å². The molecule has 0 bridgehead atoms. The molecule has 2 aliphatic rings. The smallest absolute Gasteiger partial charge is 0.323 e. The van der Waals surface area contributed by atoms with Crippen molar-refractivity contribution in [3.63, 3.8) is 0 Å². The zero-order valence-electron chi connectivity index (χ0n) is 23.2. The fraction of sp³-hybridized carbons (Fsp3) is 0.290. The number of urea groups is 1. The SMILES string of the molecule is CC(=O)c1ccc(NC(=O)N2CCC(=O)N3[C@@H]2CN(CCc2cccc(F)c2)C(=O)[C@@H]3Cc2cc(F)c(F)c(F)c2)cc1. The Morgan fingerprint density at radius 1 is 0.930 bits per heavy atom. The van der Waals surface area contributed by atoms with E-state index in [9.17, 15) is 36.7 Å². The molecule has 2 heterocycles. The van der Waals surface area contributed by atoms with Gasteiger partial charge in [-0.2, -0.15) is 0 Å². The predicted octanol–water partition coefficient (Wildman–Crippen LogP) is 4.53. The number of Topliss-reactive ketones (excluding diaryl/α,β-unsaturated/α-hetero) is 1. The lowest BCUT2D eigenvalue weighted by atomic mass is 9.97. The highest BCUT2D eigenvalue weighted by Crippen LogP contribution is 2.29. The number of halogens is 4. The molecular weight excluding hydrogens is 568 g/mol. The summed E-state index contributed by atoms with van der Waals surface area (Å²) >= 11 is 0. The van der Waals surface area contributed by atoms with Crippen molar-refractivity contribution in [2.24, 2.45) is 0 Å². The molecule has 43 heavy (non-hydrogen) atoms. The summed E-state index contributed by atoms with van der Waals surface area (Å²) in [5.41, 5.74) is 1.45. The monoisotopic (exact) mass is 596 g/mol. The Hall–Kier alpha value is -4.74. The first-order valence-electron chi connectivity index (χ1n) is 13.7. The maximum atomic E-state index is 14.1. The molecule has 5 rings (SSSR count). The normalized spacial score (nSPS) is 18.5. The average molecular weight is 597 g/mol. The van der Waals surface area contributed by atoms with Crippen LogP contribution in [-0.4, -0.2) is 70.2 Å². The summed E-state index contributed by atoms with van der Waals surface area (Å²) in [6.45, 7) is 1.52. The minimum absolute atomic E-state index is 0.0375. The first-order valence-corrected chi connectivity index (χ1v) is 13.7. The van der Waals surface area contributed by atoms with Gasteiger partial charge in [-0.3, -0.25) is 14.4 Å². The van der Waals surface area contributed by atoms with Crippen molar-refractivity contribution in [2.75, 3.05) is 25.0 Å². The minimum atomic E-state index is -1.65. The number of carbonyl (C=O) groups is 4. The van der Waals surface area contributed by atoms with Gasteiger partial charge in [0.25, 0.3) is 0 Å². The van der Waals surface area contributed by atoms with Crippen LogP contribution in [0.5, 0.6) is 0 Å². The number of piperazine rings is 1. The number of fused-ring (bicyclic) bond motifs is 1. The molecule has 2 fully saturated rings. The molecular formula is C31H28F4N4O4. The zero-order chi connectivity index (χ0) is 30.8. The van der Waals surface area contributed by atoms with Gasteiger partial charge < -0.3 is 20.0 Å². The van der Waals surface area contributed by atoms with Crippen molar-refractivity contribution in [3.05, 3.63) is 101 Å². The largest absolute Gasteiger partial charge is 0.337 e. The number of carbonyl (C=O) groups excluding carboxylic acids is 4. The molecule has 4 amide bonds. The molecule has 0 unspecified atom stereocenters. The van der Waals surface area contributed by atoms with Gasteiger partial charge in [-0.1, -0.05) is 12.1 Å². The number of hydrogen-bond acceptors (Lipinski definition) is 4. The standard InChI is InChI=1S/C31H28F4N4O4/c1-18(40)21-5-7-23(8-6-21)36-31(43)38-12-10-28(41)39-26(16-20-14-24(33)29(35)25(34)15-20)30(42)37(17-27(38)39)11-9-19-3-2-4-22(32)13-19/h2-8,13-15,26-27H,9-12,16-17H2,1H3,(H,36,43)/t26-,27+/m0/s1. The first-order chi connectivity index (χ1) is 20.5. The summed E-state index contributed by atoms with van der Waals surface area (Å²) in [5.74, 6) is -6.04. The van der Waals surface area contributed by atoms with Gasteiger partial charge in [0.2, 0.25) is 11.8 Å². The van der Waals surface area contributed by atoms with E-state index in [0.717, 1.165) is 12.1 Å². The van der Waals surface area contributed by atoms with E-state index in [1.54, 1.807) is 36.4 Å². The van der Waals surface area contributed by atoms with Gasteiger partial charge in [-0.05, 0) is 73.0 Å². The second kappa shape index (κ2) is 12.2. The highest BCUT2D eigenvalue weighted by Gasteiger charge is 2.48. The van der Waals surface area contributed by atoms with E-state index in [1.807, 2.05) is 0 Å². The van der Waals surface area contributed by atoms with Crippen molar-refractivity contribution in [3.8, 4) is 0 Å². The molecule has 0 aromatic heterocycles. The molecule has 224 valence electrons. The van der Waals surface area contributed by atoms with Crippen LogP contribution in [0.25, 0.3) is 0 Å². The van der Waals surface area contributed by atoms with Crippen molar-refractivity contribution in [1.82, 2.24) is 14.7 Å². The third-order valence-electron chi connectivity index (χ3n) is 7.69. The molecule has 1 N–H and O–H groups in total. The highest BCUT2D eigenvalue weighted by atomic mass is 19.2. The maximum absolute atomic E-state index is 14.1. The van der Waals surface area contributed by atoms with E-state index >= 15 is 0 Å². The van der Waals surface area contributed by atoms with Crippen molar-refractivity contribution >= 4 is 29.3 Å². The topological polar surface area (TPSA) is 90.0 Å². The number of benzene rings is 3. The van der Waals surface area contributed by atoms with Crippen molar-refractivity contribution in [2.45, 2.75) is 38.4 Å². The molecule has 2 saturated heterocycles. The van der Waals surface area contributed by atoms with Gasteiger partial charge >= 0.3 is 6.03 Å². The molecule has 0 aliphatic carbocycles. The lowest BCUT2D eigenvalue weighted by molar-refractivity contribution is -0.166. The Balaban J connectivity index is 1.44. The number of hydrogen-bond donors (Lipinski definition) is 1. The Morgan fingerprint density at radius 3 is 2.28 bits per heavy atom. The van der Waals surface area contributed by atoms with E-state index in [1.165, 1.54) is 33.8 Å². The Morgan fingerprint density at radius 2 is 1.63 bits per heavy atom. The average Bonchev–Trinajstić information content (AvgIpc) is 2.96. The quantitative estimate of drug-likeness (QED) is 0.247. The van der Waals surface area contributed by atoms with E-state index in [2.05, 4.69) is 5.32 Å². The van der Waals surface area contributed by atoms with Crippen LogP contribution < -0.4 is 5.32 Å². The van der Waals surface area contributed by atoms with Crippen LogP contribution in [0.2, 0.25) is 0 Å². The summed E-state index contributed by atoms with van der Waals surface area (Å²) in [4.78, 5) is 56.2. The summed E-state index contributed by atoms with van der Waals surface area (Å²) in [5, 5.41) is 2.75. The lowest BCUT2D eigenvalue weighted by Crippen LogP contribution is -2.72. The van der Waals surface area contributed by atoms with Gasteiger partial charge in [0.1, 0.15) is 18.0 Å². The molecule has 3 aromatic carbocycles. The third kappa shape index (κ3) is 6.37. The minimum Gasteiger partial charge on any atom is -0.337 e. The Labute approximate surface area is 244 Å². The maximum Gasteiger partial charge on any atom is 0.323 e. The van der Waals surface area contributed by atoms with Crippen LogP contribution in [0, 0.1) is 23.3 Å². The number of nitrogens with zero attached hydrogens (tertiary/aromatic N) is 3. The van der Waals surface area contributed by atoms with Crippen LogP contribution in [0.4, 0.5) is 28.0 Å². The summed E-state index contributed by atoms with van der Waals surface area (Å²) < 4.78 is 55.5. The lowest BCUT2D eigenvalue weighted by Gasteiger charge is -2.52. The number of nitrogens with one attached hydrogen (secondary N) is 1. The van der Waals surface area contributed by atoms with E-state index in [4.69, 9.17) is 0 Å². The number of amides is 4. The molecule has 8 nitrogen and oxygen atoms in total. The van der Waals surface area contributed by atoms with E-state index in [0.29, 0.717) is 16.8 Å². The van der Waals surface area contributed by atoms with Gasteiger partial charge in [-0.25, -0.2) is 22.4 Å². The van der Waals surface area contributed by atoms with E-state index < -0.39 is 53.3 Å². The van der Waals surface area contributed by atoms with Crippen LogP contribution in [-0.2, 0) is 22.4 Å². The predicted molar refractivity (Wildman–Crippen MR) is 148 cm³/mol. The van der Waals surface area contributed by atoms with E-state index in [-0.39, 0.29) is 50.2 Å². The molecule has 2 aliphatic heterocycles. The second-order valence-electron chi connectivity index (χ2n) is 10.5. The van der Waals surface area contributed by atoms with Gasteiger partial charge in [-0.15, -0.1) is 0 Å². The Kier molecular flexibility index (Phi) is 8.47. The number of ketones is 1. The molecule has 3 aromatic rings. The number of anilines is 1. The molecule has 2 atom stereocenters. The molecule has 0 saturated carbocycles. The summed E-state index contributed by atoms with van der Waals surface area (Å²) in [6.07, 6.45) is -1.09. The van der Waals surface area contributed by atoms with Crippen LogP contribution in [0.1, 0.15) is 34.8 Å². The van der Waals surface area contributed by atoms with Gasteiger partial charge in [0, 0.05) is 37.2 Å². The molecule has 0 spiro atoms. The molecule has 12 heteroatoms. The fourth-order valence-electron chi connectivity index (χ4n) is 5.51. The van der Waals surface area contributed by atoms with Crippen molar-refractivity contribution < 1.29 is 36.7 Å². The van der Waals surface area contributed by atoms with Crippen LogP contribution in [0.15, 0.2) is 60.7 Å². The highest BCUT2D eigenvalue weighted by molar-refractivity contribution is 5.96. The molecule has 0 radical (unpaired) electrons. The Bertz CT molecular complexity index is 1560. The van der Waals surface area contributed by atoms with Gasteiger partial charge in [0.15, 0.2) is 23.2 Å². The number of rotatable bonds is 7. The summed E-state index contributed by atoms with van der Waals surface area (Å²) in [7, 11) is 0. The van der Waals surface area contributed by atoms with Crippen LogP contribution >= 0.6 is 0 Å². The zero-order valence-corrected chi connectivity index (χ0v) is 23.2. The first kappa shape index (κ1) is 29.7. The second-order valence-corrected chi connectivity index (χ2v) is 10.5. The van der Waals surface area contributed by atoms with Crippen molar-refractivity contribution in [1.29, 1.82) is 0 Å². The third-order valence-corrected chi connectivity index (χ3v) is 7.69. The fourth-order valence-corrected chi connectivity index (χ4v) is 5.51. The van der Waals surface area contributed by atoms with Crippen LogP contribution in [0.3, 0.4) is 0 Å². The summed E-state index contributed by atoms with van der Waals surface area (Å²) in [6, 6.07) is 11.9.